The van der Waals surface area contributed by atoms with E-state index in [9.17, 15) is 0 Å². The van der Waals surface area contributed by atoms with E-state index in [-0.39, 0.29) is 0 Å². The summed E-state index contributed by atoms with van der Waals surface area (Å²) in [6, 6.07) is 70.3. The number of aromatic nitrogens is 2. The lowest BCUT2D eigenvalue weighted by molar-refractivity contribution is 0.786. The van der Waals surface area contributed by atoms with E-state index < -0.39 is 5.41 Å². The SMILES string of the molecule is C=CC1=C(C)c2ccccc2C12c1ccccc1-c1c(C(=C)N=C(N=C(C)c3cccc(-c4nc5ccccc5n4-c4ccccc4)c3)c3ccc(-c4ccccc4)cc3)cccc12. The van der Waals surface area contributed by atoms with E-state index in [1.54, 1.807) is 0 Å². The molecule has 2 aliphatic rings. The van der Waals surface area contributed by atoms with Crippen molar-refractivity contribution in [3.8, 4) is 39.3 Å². The maximum absolute atomic E-state index is 5.40. The molecular formula is C60H44N4. The van der Waals surface area contributed by atoms with Crippen molar-refractivity contribution in [1.82, 2.24) is 9.55 Å². The van der Waals surface area contributed by atoms with Gasteiger partial charge < -0.3 is 0 Å². The second kappa shape index (κ2) is 15.6. The highest BCUT2D eigenvalue weighted by Gasteiger charge is 2.51. The summed E-state index contributed by atoms with van der Waals surface area (Å²) in [7, 11) is 0. The van der Waals surface area contributed by atoms with Gasteiger partial charge in [0.05, 0.1) is 22.1 Å². The topological polar surface area (TPSA) is 42.5 Å². The van der Waals surface area contributed by atoms with Gasteiger partial charge >= 0.3 is 0 Å². The summed E-state index contributed by atoms with van der Waals surface area (Å²) < 4.78 is 2.23. The minimum atomic E-state index is -0.495. The zero-order valence-corrected chi connectivity index (χ0v) is 35.8. The molecule has 0 N–H and O–H groups in total. The quantitative estimate of drug-likeness (QED) is 0.111. The number of nitrogens with zero attached hydrogens (tertiary/aromatic N) is 4. The Morgan fingerprint density at radius 1 is 0.578 bits per heavy atom. The molecule has 2 aliphatic carbocycles. The molecule has 0 saturated heterocycles. The number of aliphatic imine (C=N–C) groups is 2. The van der Waals surface area contributed by atoms with Gasteiger partial charge in [-0.3, -0.25) is 4.57 Å². The lowest BCUT2D eigenvalue weighted by atomic mass is 9.69. The molecule has 9 aromatic rings. The van der Waals surface area contributed by atoms with Gasteiger partial charge in [-0.15, -0.1) is 0 Å². The maximum Gasteiger partial charge on any atom is 0.160 e. The molecule has 1 spiro atoms. The summed E-state index contributed by atoms with van der Waals surface area (Å²) in [5.41, 5.74) is 19.9. The molecule has 0 saturated carbocycles. The maximum atomic E-state index is 5.40. The van der Waals surface area contributed by atoms with E-state index in [1.807, 2.05) is 18.2 Å². The fourth-order valence-corrected chi connectivity index (χ4v) is 10.1. The van der Waals surface area contributed by atoms with Gasteiger partial charge in [0.15, 0.2) is 5.84 Å². The van der Waals surface area contributed by atoms with Crippen LogP contribution in [0.15, 0.2) is 235 Å². The predicted molar refractivity (Wildman–Crippen MR) is 267 cm³/mol. The second-order valence-electron chi connectivity index (χ2n) is 16.5. The fraction of sp³-hybridized carbons (Fsp3) is 0.0500. The number of hydrogen-bond acceptors (Lipinski definition) is 2. The molecule has 0 aliphatic heterocycles. The molecule has 0 bridgehead atoms. The monoisotopic (exact) mass is 820 g/mol. The van der Waals surface area contributed by atoms with Crippen molar-refractivity contribution in [3.05, 3.63) is 264 Å². The summed E-state index contributed by atoms with van der Waals surface area (Å²) in [5.74, 6) is 1.45. The highest BCUT2D eigenvalue weighted by molar-refractivity contribution is 6.13. The molecule has 0 fully saturated rings. The third-order valence-electron chi connectivity index (χ3n) is 13.0. The van der Waals surface area contributed by atoms with Crippen LogP contribution in [0.4, 0.5) is 0 Å². The van der Waals surface area contributed by atoms with Gasteiger partial charge in [0.2, 0.25) is 0 Å². The van der Waals surface area contributed by atoms with Crippen LogP contribution in [0.2, 0.25) is 0 Å². The van der Waals surface area contributed by atoms with Crippen LogP contribution >= 0.6 is 0 Å². The Morgan fingerprint density at radius 2 is 1.19 bits per heavy atom. The lowest BCUT2D eigenvalue weighted by Gasteiger charge is -2.31. The Balaban J connectivity index is 1.05. The van der Waals surface area contributed by atoms with Gasteiger partial charge in [-0.1, -0.05) is 189 Å². The van der Waals surface area contributed by atoms with E-state index in [0.717, 1.165) is 67.2 Å². The highest BCUT2D eigenvalue weighted by Crippen LogP contribution is 2.62. The normalized spacial score (nSPS) is 15.3. The van der Waals surface area contributed by atoms with Gasteiger partial charge in [-0.05, 0) is 105 Å². The lowest BCUT2D eigenvalue weighted by Crippen LogP contribution is -2.26. The van der Waals surface area contributed by atoms with Crippen molar-refractivity contribution < 1.29 is 0 Å². The Hall–Kier alpha value is -8.21. The van der Waals surface area contributed by atoms with E-state index in [0.29, 0.717) is 11.5 Å². The number of imidazole rings is 1. The second-order valence-corrected chi connectivity index (χ2v) is 16.5. The minimum Gasteiger partial charge on any atom is -0.292 e. The first-order valence-corrected chi connectivity index (χ1v) is 21.8. The Morgan fingerprint density at radius 3 is 1.95 bits per heavy atom. The summed E-state index contributed by atoms with van der Waals surface area (Å²) in [5, 5.41) is 0. The van der Waals surface area contributed by atoms with Crippen molar-refractivity contribution in [2.75, 3.05) is 0 Å². The molecule has 1 aromatic heterocycles. The third kappa shape index (κ3) is 6.10. The first kappa shape index (κ1) is 38.7. The van der Waals surface area contributed by atoms with Gasteiger partial charge in [-0.2, -0.15) is 0 Å². The number of allylic oxidation sites excluding steroid dienone is 3. The van der Waals surface area contributed by atoms with Crippen LogP contribution in [0.5, 0.6) is 0 Å². The molecule has 4 nitrogen and oxygen atoms in total. The molecule has 0 radical (unpaired) electrons. The van der Waals surface area contributed by atoms with Crippen LogP contribution in [0.1, 0.15) is 52.8 Å². The zero-order valence-electron chi connectivity index (χ0n) is 35.8. The molecule has 304 valence electrons. The van der Waals surface area contributed by atoms with Crippen molar-refractivity contribution >= 4 is 33.9 Å². The van der Waals surface area contributed by atoms with Gasteiger partial charge in [0.1, 0.15) is 5.82 Å². The van der Waals surface area contributed by atoms with Crippen LogP contribution in [-0.2, 0) is 5.41 Å². The average molecular weight is 821 g/mol. The number of rotatable bonds is 8. The largest absolute Gasteiger partial charge is 0.292 e. The van der Waals surface area contributed by atoms with Crippen molar-refractivity contribution in [2.24, 2.45) is 9.98 Å². The molecule has 1 unspecified atom stereocenters. The molecular weight excluding hydrogens is 777 g/mol. The summed E-state index contributed by atoms with van der Waals surface area (Å²) >= 11 is 0. The standard InChI is InChI=1S/C60H44N4/c1-5-51-39(2)48-26-12-14-29-52(48)60(51)53-30-15-13-27-50(53)57-49(28-19-31-54(57)60)41(4)62-58(44-36-34-43(35-37-44)42-20-8-6-9-21-42)61-40(3)45-22-18-23-46(38-45)59-63-55-32-16-17-33-56(55)64(59)47-24-10-7-11-25-47/h5-38H,1,4H2,2-3H3. The van der Waals surface area contributed by atoms with E-state index >= 15 is 0 Å². The van der Waals surface area contributed by atoms with Crippen molar-refractivity contribution in [2.45, 2.75) is 19.3 Å². The first-order chi connectivity index (χ1) is 31.4. The number of hydrogen-bond donors (Lipinski definition) is 0. The average Bonchev–Trinajstić information content (AvgIpc) is 3.98. The Bertz CT molecular complexity index is 3420. The molecule has 0 amide bonds. The van der Waals surface area contributed by atoms with Crippen LogP contribution in [-0.4, -0.2) is 21.1 Å². The summed E-state index contributed by atoms with van der Waals surface area (Å²) in [4.78, 5) is 15.9. The van der Waals surface area contributed by atoms with E-state index in [2.05, 4.69) is 213 Å². The van der Waals surface area contributed by atoms with Crippen LogP contribution in [0.25, 0.3) is 61.6 Å². The summed E-state index contributed by atoms with van der Waals surface area (Å²) in [6.07, 6.45) is 2.06. The van der Waals surface area contributed by atoms with Crippen LogP contribution in [0.3, 0.4) is 0 Å². The number of fused-ring (bicyclic) bond motifs is 8. The Kier molecular flexibility index (Phi) is 9.43. The highest BCUT2D eigenvalue weighted by atomic mass is 15.1. The van der Waals surface area contributed by atoms with Gasteiger partial charge in [0.25, 0.3) is 0 Å². The molecule has 64 heavy (non-hydrogen) atoms. The van der Waals surface area contributed by atoms with E-state index in [1.165, 1.54) is 39.0 Å². The van der Waals surface area contributed by atoms with E-state index in [4.69, 9.17) is 21.5 Å². The van der Waals surface area contributed by atoms with Crippen molar-refractivity contribution in [3.63, 3.8) is 0 Å². The van der Waals surface area contributed by atoms with Gasteiger partial charge in [-0.25, -0.2) is 15.0 Å². The molecule has 11 rings (SSSR count). The molecule has 8 aromatic carbocycles. The van der Waals surface area contributed by atoms with Gasteiger partial charge in [0, 0.05) is 28.1 Å². The fourth-order valence-electron chi connectivity index (χ4n) is 10.1. The molecule has 1 heterocycles. The molecule has 4 heteroatoms. The zero-order chi connectivity index (χ0) is 43.4. The molecule has 1 atom stereocenters. The third-order valence-corrected chi connectivity index (χ3v) is 13.0. The number of benzene rings is 8. The van der Waals surface area contributed by atoms with Crippen LogP contribution < -0.4 is 0 Å². The number of para-hydroxylation sites is 3. The first-order valence-electron chi connectivity index (χ1n) is 21.8. The Labute approximate surface area is 374 Å². The van der Waals surface area contributed by atoms with Crippen molar-refractivity contribution in [1.29, 1.82) is 0 Å². The van der Waals surface area contributed by atoms with Crippen LogP contribution in [0, 0.1) is 0 Å². The summed E-state index contributed by atoms with van der Waals surface area (Å²) in [6.45, 7) is 13.4. The minimum absolute atomic E-state index is 0.495. The predicted octanol–water partition coefficient (Wildman–Crippen LogP) is 14.6. The number of amidine groups is 1. The smallest absolute Gasteiger partial charge is 0.160 e.